The fourth-order valence-electron chi connectivity index (χ4n) is 10.1. The van der Waals surface area contributed by atoms with E-state index < -0.39 is 5.41 Å². The van der Waals surface area contributed by atoms with Crippen molar-refractivity contribution in [3.63, 3.8) is 0 Å². The number of benzene rings is 6. The van der Waals surface area contributed by atoms with Crippen LogP contribution in [0, 0.1) is 0 Å². The van der Waals surface area contributed by atoms with Crippen LogP contribution in [0.25, 0.3) is 62.2 Å². The molecule has 12 rings (SSSR count). The first-order valence-electron chi connectivity index (χ1n) is 19.3. The highest BCUT2D eigenvalue weighted by atomic mass is 32.2. The van der Waals surface area contributed by atoms with E-state index in [-0.39, 0.29) is 5.41 Å². The predicted molar refractivity (Wildman–Crippen MR) is 231 cm³/mol. The summed E-state index contributed by atoms with van der Waals surface area (Å²) in [6.45, 7) is 4.77. The van der Waals surface area contributed by atoms with E-state index >= 15 is 0 Å². The second-order valence-electron chi connectivity index (χ2n) is 15.8. The van der Waals surface area contributed by atoms with Gasteiger partial charge in [0, 0.05) is 33.0 Å². The lowest BCUT2D eigenvalue weighted by Crippen LogP contribution is -2.35. The summed E-state index contributed by atoms with van der Waals surface area (Å²) in [6.07, 6.45) is 8.39. The van der Waals surface area contributed by atoms with Gasteiger partial charge in [0.05, 0.1) is 22.0 Å². The van der Waals surface area contributed by atoms with Crippen LogP contribution in [-0.4, -0.2) is 14.5 Å². The second kappa shape index (κ2) is 11.5. The van der Waals surface area contributed by atoms with E-state index in [9.17, 15) is 0 Å². The summed E-state index contributed by atoms with van der Waals surface area (Å²) >= 11 is 1.92. The molecule has 4 heterocycles. The molecule has 264 valence electrons. The second-order valence-corrected chi connectivity index (χ2v) is 16.8. The van der Waals surface area contributed by atoms with Crippen molar-refractivity contribution in [2.24, 2.45) is 0 Å². The first-order chi connectivity index (χ1) is 27.5. The molecule has 0 bridgehead atoms. The van der Waals surface area contributed by atoms with Crippen molar-refractivity contribution in [1.82, 2.24) is 14.5 Å². The Morgan fingerprint density at radius 3 is 2.09 bits per heavy atom. The summed E-state index contributed by atoms with van der Waals surface area (Å²) in [5.74, 6) is 0.885. The summed E-state index contributed by atoms with van der Waals surface area (Å²) < 4.78 is 2.22. The zero-order valence-electron chi connectivity index (χ0n) is 31.0. The highest BCUT2D eigenvalue weighted by Gasteiger charge is 2.48. The van der Waals surface area contributed by atoms with Crippen LogP contribution in [0.5, 0.6) is 0 Å². The van der Waals surface area contributed by atoms with Crippen molar-refractivity contribution in [2.45, 2.75) is 34.5 Å². The zero-order valence-corrected chi connectivity index (χ0v) is 31.8. The summed E-state index contributed by atoms with van der Waals surface area (Å²) in [7, 11) is 0. The molecule has 0 saturated carbocycles. The minimum Gasteiger partial charge on any atom is -0.292 e. The number of nitrogens with zero attached hydrogens (tertiary/aromatic N) is 3. The van der Waals surface area contributed by atoms with Crippen molar-refractivity contribution in [3.05, 3.63) is 209 Å². The van der Waals surface area contributed by atoms with Gasteiger partial charge in [-0.2, -0.15) is 0 Å². The van der Waals surface area contributed by atoms with Gasteiger partial charge in [0.2, 0.25) is 0 Å². The average Bonchev–Trinajstić information content (AvgIpc) is 3.63. The van der Waals surface area contributed by atoms with Crippen LogP contribution in [0.2, 0.25) is 0 Å². The lowest BCUT2D eigenvalue weighted by molar-refractivity contribution is 0.653. The van der Waals surface area contributed by atoms with Gasteiger partial charge in [0.15, 0.2) is 0 Å². The number of pyridine rings is 2. The van der Waals surface area contributed by atoms with Crippen LogP contribution in [0.15, 0.2) is 174 Å². The summed E-state index contributed by atoms with van der Waals surface area (Å²) in [6, 6.07) is 56.4. The molecule has 1 atom stereocenters. The van der Waals surface area contributed by atoms with Crippen LogP contribution in [0.4, 0.5) is 0 Å². The quantitative estimate of drug-likeness (QED) is 0.177. The van der Waals surface area contributed by atoms with E-state index in [0.29, 0.717) is 0 Å². The first kappa shape index (κ1) is 31.8. The largest absolute Gasteiger partial charge is 0.292 e. The maximum Gasteiger partial charge on any atom is 0.137 e. The fraction of sp³-hybridized carbons (Fsp3) is 0.0769. The van der Waals surface area contributed by atoms with Gasteiger partial charge in [0.25, 0.3) is 0 Å². The number of rotatable bonds is 2. The van der Waals surface area contributed by atoms with Crippen molar-refractivity contribution in [1.29, 1.82) is 0 Å². The van der Waals surface area contributed by atoms with E-state index in [1.54, 1.807) is 0 Å². The molecular weight excluding hydrogens is 699 g/mol. The fourth-order valence-corrected chi connectivity index (χ4v) is 11.3. The summed E-state index contributed by atoms with van der Waals surface area (Å²) in [4.78, 5) is 12.3. The molecule has 1 aliphatic heterocycles. The van der Waals surface area contributed by atoms with Crippen molar-refractivity contribution < 1.29 is 0 Å². The van der Waals surface area contributed by atoms with Gasteiger partial charge >= 0.3 is 0 Å². The maximum atomic E-state index is 4.91. The third kappa shape index (κ3) is 4.20. The number of hydrogen-bond acceptors (Lipinski definition) is 3. The van der Waals surface area contributed by atoms with E-state index in [1.807, 2.05) is 42.4 Å². The van der Waals surface area contributed by atoms with Crippen molar-refractivity contribution >= 4 is 45.9 Å². The van der Waals surface area contributed by atoms with Crippen molar-refractivity contribution in [3.8, 4) is 28.1 Å². The Bertz CT molecular complexity index is 3150. The molecule has 1 spiro atoms. The molecule has 3 aliphatic rings. The highest BCUT2D eigenvalue weighted by molar-refractivity contribution is 7.99. The third-order valence-corrected chi connectivity index (χ3v) is 13.7. The smallest absolute Gasteiger partial charge is 0.137 e. The van der Waals surface area contributed by atoms with Crippen LogP contribution in [0.1, 0.15) is 58.4 Å². The van der Waals surface area contributed by atoms with Crippen LogP contribution < -0.4 is 0 Å². The molecule has 6 aromatic carbocycles. The Labute approximate surface area is 330 Å². The van der Waals surface area contributed by atoms with Gasteiger partial charge in [-0.1, -0.05) is 129 Å². The molecule has 1 unspecified atom stereocenters. The van der Waals surface area contributed by atoms with Crippen LogP contribution in [0.3, 0.4) is 0 Å². The molecule has 4 heteroatoms. The van der Waals surface area contributed by atoms with Gasteiger partial charge in [-0.3, -0.25) is 9.55 Å². The minimum absolute atomic E-state index is 0.0904. The van der Waals surface area contributed by atoms with E-state index in [4.69, 9.17) is 9.97 Å². The first-order valence-corrected chi connectivity index (χ1v) is 20.1. The van der Waals surface area contributed by atoms with E-state index in [2.05, 4.69) is 164 Å². The number of hydrogen-bond donors (Lipinski definition) is 0. The van der Waals surface area contributed by atoms with Crippen LogP contribution >= 0.6 is 11.8 Å². The Kier molecular flexibility index (Phi) is 6.54. The molecule has 0 saturated heterocycles. The molecule has 2 aliphatic carbocycles. The Morgan fingerprint density at radius 1 is 0.482 bits per heavy atom. The third-order valence-electron chi connectivity index (χ3n) is 12.6. The molecule has 9 aromatic rings. The molecule has 0 fully saturated rings. The Balaban J connectivity index is 1.15. The lowest BCUT2D eigenvalue weighted by atomic mass is 9.62. The average molecular weight is 734 g/mol. The minimum atomic E-state index is -0.569. The van der Waals surface area contributed by atoms with Crippen molar-refractivity contribution in [2.75, 3.05) is 0 Å². The van der Waals surface area contributed by atoms with E-state index in [0.717, 1.165) is 33.3 Å². The van der Waals surface area contributed by atoms with Crippen LogP contribution in [-0.2, 0) is 10.8 Å². The highest BCUT2D eigenvalue weighted by Crippen LogP contribution is 2.61. The van der Waals surface area contributed by atoms with E-state index in [1.165, 1.54) is 71.0 Å². The monoisotopic (exact) mass is 733 g/mol. The summed E-state index contributed by atoms with van der Waals surface area (Å²) in [5, 5.41) is 1.11. The Morgan fingerprint density at radius 2 is 1.21 bits per heavy atom. The number of aromatic nitrogens is 3. The molecule has 56 heavy (non-hydrogen) atoms. The van der Waals surface area contributed by atoms with Gasteiger partial charge in [-0.15, -0.1) is 0 Å². The van der Waals surface area contributed by atoms with Gasteiger partial charge in [-0.25, -0.2) is 4.98 Å². The Hall–Kier alpha value is -6.49. The van der Waals surface area contributed by atoms with Gasteiger partial charge < -0.3 is 0 Å². The molecule has 0 amide bonds. The zero-order chi connectivity index (χ0) is 37.2. The molecule has 0 radical (unpaired) electrons. The van der Waals surface area contributed by atoms with Gasteiger partial charge in [0.1, 0.15) is 5.82 Å². The molecule has 0 N–H and O–H groups in total. The lowest BCUT2D eigenvalue weighted by Gasteiger charge is -2.43. The SMILES string of the molecule is CC1(C)c2ccccc2-c2cc3c(cc21)Sc1ccccc1C31c2ccccc2C=Cc2ccc(-c3ccc4c(c3)c3ncccc3n4-c3ccccn3)cc21. The molecule has 3 aromatic heterocycles. The topological polar surface area (TPSA) is 30.7 Å². The molecular formula is C52H35N3S. The normalized spacial score (nSPS) is 16.8. The maximum absolute atomic E-state index is 4.91. The predicted octanol–water partition coefficient (Wildman–Crippen LogP) is 12.9. The summed E-state index contributed by atoms with van der Waals surface area (Å²) in [5.41, 5.74) is 18.0. The molecule has 3 nitrogen and oxygen atoms in total. The van der Waals surface area contributed by atoms with Gasteiger partial charge in [-0.05, 0) is 127 Å². The standard InChI is InChI=1S/C52H35N3S/c1-51(2)40-15-6-4-13-36(40)37-30-44-48(31-43(37)51)56-47-18-8-7-16-41(47)52(44)39-14-5-3-12-32(39)20-21-33-22-23-35(29-42(33)52)34-24-25-45-38(28-34)50-46(17-11-27-54-50)55(45)49-19-9-10-26-53-49/h3-31H,1-2H3. The number of fused-ring (bicyclic) bond motifs is 14.